The Bertz CT molecular complexity index is 309. The topological polar surface area (TPSA) is 56.2 Å². The second-order valence-corrected chi connectivity index (χ2v) is 5.17. The molecule has 0 spiro atoms. The number of hydrogen-bond acceptors (Lipinski definition) is 3. The number of hydrogen-bond donors (Lipinski definition) is 1. The molecule has 0 amide bonds. The quantitative estimate of drug-likeness (QED) is 0.814. The van der Waals surface area contributed by atoms with Crippen molar-refractivity contribution in [3.63, 3.8) is 0 Å². The first-order chi connectivity index (χ1) is 6.67. The van der Waals surface area contributed by atoms with Crippen LogP contribution >= 0.6 is 0 Å². The molecule has 0 fully saturated rings. The van der Waals surface area contributed by atoms with Crippen LogP contribution in [0.15, 0.2) is 16.5 Å². The summed E-state index contributed by atoms with van der Waals surface area (Å²) in [4.78, 5) is 0. The van der Waals surface area contributed by atoms with E-state index in [9.17, 15) is 4.21 Å². The van der Waals surface area contributed by atoms with Crippen LogP contribution in [-0.2, 0) is 23.1 Å². The van der Waals surface area contributed by atoms with Crippen molar-refractivity contribution in [2.75, 3.05) is 0 Å². The standard InChI is InChI=1S/C10H17NO2S/c1-3-8(2)14(12)7-10-5-4-9(6-11)13-10/h4-5,8H,3,6-7,11H2,1-2H3. The third-order valence-corrected chi connectivity index (χ3v) is 4.03. The minimum atomic E-state index is -0.839. The average molecular weight is 215 g/mol. The Balaban J connectivity index is 2.56. The Morgan fingerprint density at radius 2 is 2.14 bits per heavy atom. The summed E-state index contributed by atoms with van der Waals surface area (Å²) in [5.41, 5.74) is 5.41. The third-order valence-electron chi connectivity index (χ3n) is 2.23. The zero-order chi connectivity index (χ0) is 10.6. The molecule has 1 aromatic rings. The van der Waals surface area contributed by atoms with Crippen LogP contribution in [0.3, 0.4) is 0 Å². The Hall–Kier alpha value is -0.610. The second-order valence-electron chi connectivity index (χ2n) is 3.32. The lowest BCUT2D eigenvalue weighted by molar-refractivity contribution is 0.480. The summed E-state index contributed by atoms with van der Waals surface area (Å²) in [7, 11) is -0.839. The lowest BCUT2D eigenvalue weighted by Gasteiger charge is -2.06. The first-order valence-corrected chi connectivity index (χ1v) is 6.20. The first kappa shape index (κ1) is 11.5. The molecule has 2 N–H and O–H groups in total. The largest absolute Gasteiger partial charge is 0.464 e. The van der Waals surface area contributed by atoms with E-state index in [1.54, 1.807) is 0 Å². The maximum Gasteiger partial charge on any atom is 0.117 e. The van der Waals surface area contributed by atoms with Gasteiger partial charge in [0.1, 0.15) is 11.5 Å². The van der Waals surface area contributed by atoms with Crippen molar-refractivity contribution >= 4 is 10.8 Å². The molecule has 4 heteroatoms. The minimum absolute atomic E-state index is 0.224. The van der Waals surface area contributed by atoms with Gasteiger partial charge in [-0.3, -0.25) is 4.21 Å². The van der Waals surface area contributed by atoms with Crippen molar-refractivity contribution in [3.05, 3.63) is 23.7 Å². The molecule has 14 heavy (non-hydrogen) atoms. The van der Waals surface area contributed by atoms with E-state index < -0.39 is 10.8 Å². The summed E-state index contributed by atoms with van der Waals surface area (Å²) in [6.45, 7) is 4.43. The maximum atomic E-state index is 11.7. The predicted octanol–water partition coefficient (Wildman–Crippen LogP) is 1.79. The Morgan fingerprint density at radius 3 is 2.64 bits per heavy atom. The number of nitrogens with two attached hydrogens (primary N) is 1. The van der Waals surface area contributed by atoms with E-state index in [-0.39, 0.29) is 5.25 Å². The van der Waals surface area contributed by atoms with Crippen LogP contribution in [0.1, 0.15) is 31.8 Å². The molecule has 0 radical (unpaired) electrons. The zero-order valence-electron chi connectivity index (χ0n) is 8.66. The van der Waals surface area contributed by atoms with Gasteiger partial charge in [-0.25, -0.2) is 0 Å². The number of rotatable bonds is 5. The Morgan fingerprint density at radius 1 is 1.50 bits per heavy atom. The third kappa shape index (κ3) is 2.96. The molecule has 1 rings (SSSR count). The fourth-order valence-corrected chi connectivity index (χ4v) is 2.17. The molecular formula is C10H17NO2S. The highest BCUT2D eigenvalue weighted by atomic mass is 32.2. The van der Waals surface area contributed by atoms with Crippen LogP contribution in [0.5, 0.6) is 0 Å². The van der Waals surface area contributed by atoms with Crippen LogP contribution in [0.4, 0.5) is 0 Å². The second kappa shape index (κ2) is 5.32. The number of furan rings is 1. The summed E-state index contributed by atoms with van der Waals surface area (Å²) in [5, 5.41) is 0.224. The predicted molar refractivity (Wildman–Crippen MR) is 58.2 cm³/mol. The van der Waals surface area contributed by atoms with Crippen LogP contribution in [0, 0.1) is 0 Å². The molecule has 2 unspecified atom stereocenters. The van der Waals surface area contributed by atoms with Gasteiger partial charge in [0.25, 0.3) is 0 Å². The van der Waals surface area contributed by atoms with E-state index in [0.717, 1.165) is 17.9 Å². The van der Waals surface area contributed by atoms with Gasteiger partial charge in [0, 0.05) is 16.0 Å². The van der Waals surface area contributed by atoms with E-state index in [1.807, 2.05) is 26.0 Å². The average Bonchev–Trinajstić information content (AvgIpc) is 2.64. The molecule has 0 aromatic carbocycles. The van der Waals surface area contributed by atoms with E-state index in [4.69, 9.17) is 10.2 Å². The van der Waals surface area contributed by atoms with Crippen molar-refractivity contribution in [1.29, 1.82) is 0 Å². The van der Waals surface area contributed by atoms with Crippen molar-refractivity contribution in [1.82, 2.24) is 0 Å². The highest BCUT2D eigenvalue weighted by Gasteiger charge is 2.11. The van der Waals surface area contributed by atoms with E-state index >= 15 is 0 Å². The molecule has 0 saturated carbocycles. The molecule has 3 nitrogen and oxygen atoms in total. The van der Waals surface area contributed by atoms with Crippen LogP contribution in [-0.4, -0.2) is 9.46 Å². The van der Waals surface area contributed by atoms with Crippen LogP contribution in [0.25, 0.3) is 0 Å². The highest BCUT2D eigenvalue weighted by Crippen LogP contribution is 2.12. The Labute approximate surface area is 87.1 Å². The fraction of sp³-hybridized carbons (Fsp3) is 0.600. The summed E-state index contributed by atoms with van der Waals surface area (Å²) >= 11 is 0. The van der Waals surface area contributed by atoms with Gasteiger partial charge in [-0.2, -0.15) is 0 Å². The van der Waals surface area contributed by atoms with E-state index in [1.165, 1.54) is 0 Å². The molecule has 0 aliphatic heterocycles. The highest BCUT2D eigenvalue weighted by molar-refractivity contribution is 7.84. The maximum absolute atomic E-state index is 11.7. The van der Waals surface area contributed by atoms with Gasteiger partial charge < -0.3 is 10.2 Å². The van der Waals surface area contributed by atoms with Gasteiger partial charge in [0.2, 0.25) is 0 Å². The summed E-state index contributed by atoms with van der Waals surface area (Å²) in [6, 6.07) is 3.69. The van der Waals surface area contributed by atoms with Crippen molar-refractivity contribution in [3.8, 4) is 0 Å². The van der Waals surface area contributed by atoms with Crippen LogP contribution in [0.2, 0.25) is 0 Å². The van der Waals surface area contributed by atoms with Gasteiger partial charge in [0.05, 0.1) is 12.3 Å². The smallest absolute Gasteiger partial charge is 0.117 e. The molecule has 2 atom stereocenters. The molecular weight excluding hydrogens is 198 g/mol. The lowest BCUT2D eigenvalue weighted by Crippen LogP contribution is -2.10. The van der Waals surface area contributed by atoms with Crippen molar-refractivity contribution in [2.45, 2.75) is 37.8 Å². The summed E-state index contributed by atoms with van der Waals surface area (Å²) < 4.78 is 17.0. The van der Waals surface area contributed by atoms with Gasteiger partial charge in [-0.15, -0.1) is 0 Å². The van der Waals surface area contributed by atoms with Gasteiger partial charge in [-0.05, 0) is 18.6 Å². The lowest BCUT2D eigenvalue weighted by atomic mass is 10.4. The van der Waals surface area contributed by atoms with Crippen molar-refractivity contribution in [2.24, 2.45) is 5.73 Å². The van der Waals surface area contributed by atoms with E-state index in [0.29, 0.717) is 12.3 Å². The van der Waals surface area contributed by atoms with E-state index in [2.05, 4.69) is 0 Å². The molecule has 1 aromatic heterocycles. The molecule has 0 aliphatic rings. The molecule has 0 bridgehead atoms. The summed E-state index contributed by atoms with van der Waals surface area (Å²) in [5.74, 6) is 2.01. The van der Waals surface area contributed by atoms with Crippen LogP contribution < -0.4 is 5.73 Å². The SMILES string of the molecule is CCC(C)S(=O)Cc1ccc(CN)o1. The molecule has 80 valence electrons. The molecule has 0 aliphatic carbocycles. The fourth-order valence-electron chi connectivity index (χ4n) is 1.08. The Kier molecular flexibility index (Phi) is 4.35. The normalized spacial score (nSPS) is 15.4. The minimum Gasteiger partial charge on any atom is -0.464 e. The van der Waals surface area contributed by atoms with Crippen molar-refractivity contribution < 1.29 is 8.63 Å². The monoisotopic (exact) mass is 215 g/mol. The molecule has 0 saturated heterocycles. The van der Waals surface area contributed by atoms with Gasteiger partial charge >= 0.3 is 0 Å². The van der Waals surface area contributed by atoms with Gasteiger partial charge in [-0.1, -0.05) is 13.8 Å². The van der Waals surface area contributed by atoms with Gasteiger partial charge in [0.15, 0.2) is 0 Å². The summed E-state index contributed by atoms with van der Waals surface area (Å²) in [6.07, 6.45) is 0.928. The zero-order valence-corrected chi connectivity index (χ0v) is 9.47. The first-order valence-electron chi connectivity index (χ1n) is 4.82. The molecule has 1 heterocycles.